The molecule has 0 spiro atoms. The molecule has 0 N–H and O–H groups in total. The number of rotatable bonds is 4. The summed E-state index contributed by atoms with van der Waals surface area (Å²) in [5.41, 5.74) is 5.43. The largest absolute Gasteiger partial charge is 0.329 e. The first kappa shape index (κ1) is 20.8. The molecule has 9 heteroatoms. The zero-order valence-electron chi connectivity index (χ0n) is 18.2. The molecule has 0 aliphatic carbocycles. The van der Waals surface area contributed by atoms with E-state index in [0.717, 1.165) is 54.3 Å². The molecule has 4 aromatic rings. The molecule has 2 atom stereocenters. The second kappa shape index (κ2) is 8.20. The van der Waals surface area contributed by atoms with Gasteiger partial charge in [0, 0.05) is 59.6 Å². The fourth-order valence-corrected chi connectivity index (χ4v) is 5.91. The maximum atomic E-state index is 13.2. The van der Waals surface area contributed by atoms with Crippen molar-refractivity contribution >= 4 is 34.6 Å². The van der Waals surface area contributed by atoms with Gasteiger partial charge in [-0.3, -0.25) is 14.1 Å². The van der Waals surface area contributed by atoms with Gasteiger partial charge in [0.15, 0.2) is 0 Å². The van der Waals surface area contributed by atoms with Crippen LogP contribution in [0.5, 0.6) is 0 Å². The van der Waals surface area contributed by atoms with Gasteiger partial charge in [-0.2, -0.15) is 0 Å². The zero-order chi connectivity index (χ0) is 22.5. The van der Waals surface area contributed by atoms with E-state index in [-0.39, 0.29) is 18.0 Å². The van der Waals surface area contributed by atoms with Crippen molar-refractivity contribution in [3.8, 4) is 11.3 Å². The quantitative estimate of drug-likeness (QED) is 0.437. The Balaban J connectivity index is 1.29. The number of amides is 1. The van der Waals surface area contributed by atoms with Crippen molar-refractivity contribution in [1.29, 1.82) is 0 Å². The molecular weight excluding hydrogens is 456 g/mol. The standard InChI is InChI=1S/C24H23ClN6OS/c1-15-21(27-14-33-15)23(32)31-18-7-8-19(31)12-29(11-18)13-20-22(16-3-5-17(25)6-4-16)28-24-26-9-2-10-30(20)24/h2-6,9-10,14,18-19H,7-8,11-13H2,1H3. The highest BCUT2D eigenvalue weighted by molar-refractivity contribution is 7.09. The van der Waals surface area contributed by atoms with Crippen LogP contribution in [-0.2, 0) is 6.54 Å². The Labute approximate surface area is 200 Å². The van der Waals surface area contributed by atoms with Crippen LogP contribution >= 0.6 is 22.9 Å². The maximum absolute atomic E-state index is 13.2. The Kier molecular flexibility index (Phi) is 5.16. The molecule has 33 heavy (non-hydrogen) atoms. The second-order valence-corrected chi connectivity index (χ2v) is 10.2. The average molecular weight is 479 g/mol. The summed E-state index contributed by atoms with van der Waals surface area (Å²) in [4.78, 5) is 32.4. The third-order valence-corrected chi connectivity index (χ3v) is 7.74. The number of aryl methyl sites for hydroxylation is 1. The molecule has 0 radical (unpaired) electrons. The first-order chi connectivity index (χ1) is 16.1. The van der Waals surface area contributed by atoms with Gasteiger partial charge >= 0.3 is 0 Å². The van der Waals surface area contributed by atoms with Gasteiger partial charge < -0.3 is 4.90 Å². The predicted octanol–water partition coefficient (Wildman–Crippen LogP) is 4.30. The number of imidazole rings is 1. The number of piperazine rings is 1. The second-order valence-electron chi connectivity index (χ2n) is 8.75. The first-order valence-electron chi connectivity index (χ1n) is 11.1. The van der Waals surface area contributed by atoms with Crippen molar-refractivity contribution in [3.05, 3.63) is 69.5 Å². The molecule has 1 aromatic carbocycles. The lowest BCUT2D eigenvalue weighted by Crippen LogP contribution is -2.55. The molecule has 2 fully saturated rings. The maximum Gasteiger partial charge on any atom is 0.274 e. The normalized spacial score (nSPS) is 20.6. The number of nitrogens with zero attached hydrogens (tertiary/aromatic N) is 6. The highest BCUT2D eigenvalue weighted by atomic mass is 35.5. The van der Waals surface area contributed by atoms with E-state index in [9.17, 15) is 4.79 Å². The Bertz CT molecular complexity index is 1320. The predicted molar refractivity (Wildman–Crippen MR) is 129 cm³/mol. The van der Waals surface area contributed by atoms with Crippen LogP contribution in [0.4, 0.5) is 0 Å². The van der Waals surface area contributed by atoms with E-state index >= 15 is 0 Å². The van der Waals surface area contributed by atoms with Crippen LogP contribution in [0.15, 0.2) is 48.2 Å². The number of hydrogen-bond acceptors (Lipinski definition) is 6. The fourth-order valence-electron chi connectivity index (χ4n) is 5.22. The zero-order valence-corrected chi connectivity index (χ0v) is 19.8. The Morgan fingerprint density at radius 2 is 1.91 bits per heavy atom. The molecule has 2 aliphatic rings. The lowest BCUT2D eigenvalue weighted by molar-refractivity contribution is 0.0397. The topological polar surface area (TPSA) is 66.6 Å². The number of hydrogen-bond donors (Lipinski definition) is 0. The minimum atomic E-state index is 0.0850. The van der Waals surface area contributed by atoms with Gasteiger partial charge in [-0.15, -0.1) is 11.3 Å². The van der Waals surface area contributed by atoms with Crippen molar-refractivity contribution in [2.75, 3.05) is 13.1 Å². The van der Waals surface area contributed by atoms with Gasteiger partial charge in [0.25, 0.3) is 5.91 Å². The van der Waals surface area contributed by atoms with Crippen molar-refractivity contribution in [3.63, 3.8) is 0 Å². The summed E-state index contributed by atoms with van der Waals surface area (Å²) in [6.45, 7) is 4.41. The Morgan fingerprint density at radius 1 is 1.15 bits per heavy atom. The van der Waals surface area contributed by atoms with Gasteiger partial charge in [-0.1, -0.05) is 23.7 Å². The van der Waals surface area contributed by atoms with Crippen molar-refractivity contribution in [2.45, 2.75) is 38.4 Å². The van der Waals surface area contributed by atoms with Crippen LogP contribution < -0.4 is 0 Å². The molecule has 2 aliphatic heterocycles. The lowest BCUT2D eigenvalue weighted by Gasteiger charge is -2.41. The number of halogens is 1. The molecular formula is C24H23ClN6OS. The monoisotopic (exact) mass is 478 g/mol. The van der Waals surface area contributed by atoms with E-state index in [2.05, 4.69) is 24.2 Å². The number of aromatic nitrogens is 4. The van der Waals surface area contributed by atoms with E-state index in [1.54, 1.807) is 11.7 Å². The van der Waals surface area contributed by atoms with Gasteiger partial charge in [-0.05, 0) is 38.0 Å². The van der Waals surface area contributed by atoms with Crippen LogP contribution in [0.2, 0.25) is 5.02 Å². The molecule has 6 rings (SSSR count). The minimum absolute atomic E-state index is 0.0850. The van der Waals surface area contributed by atoms with Crippen LogP contribution in [0, 0.1) is 6.92 Å². The Morgan fingerprint density at radius 3 is 2.61 bits per heavy atom. The molecule has 1 amide bonds. The number of benzene rings is 1. The molecule has 168 valence electrons. The molecule has 7 nitrogen and oxygen atoms in total. The summed E-state index contributed by atoms with van der Waals surface area (Å²) in [5.74, 6) is 0.773. The van der Waals surface area contributed by atoms with Crippen LogP contribution in [-0.4, -0.2) is 60.2 Å². The molecule has 2 unspecified atom stereocenters. The highest BCUT2D eigenvalue weighted by Gasteiger charge is 2.43. The van der Waals surface area contributed by atoms with E-state index in [1.807, 2.05) is 43.5 Å². The summed E-state index contributed by atoms with van der Waals surface area (Å²) in [5, 5.41) is 0.704. The van der Waals surface area contributed by atoms with Crippen molar-refractivity contribution < 1.29 is 4.79 Å². The van der Waals surface area contributed by atoms with E-state index in [1.165, 1.54) is 11.3 Å². The van der Waals surface area contributed by atoms with Gasteiger partial charge in [0.1, 0.15) is 5.69 Å². The smallest absolute Gasteiger partial charge is 0.274 e. The molecule has 2 bridgehead atoms. The summed E-state index contributed by atoms with van der Waals surface area (Å²) >= 11 is 7.65. The third-order valence-electron chi connectivity index (χ3n) is 6.73. The number of thiazole rings is 1. The van der Waals surface area contributed by atoms with E-state index in [0.29, 0.717) is 16.5 Å². The SMILES string of the molecule is Cc1scnc1C(=O)N1C2CCC1CN(Cc1c(-c3ccc(Cl)cc3)nc3ncccn13)C2. The third kappa shape index (κ3) is 3.62. The highest BCUT2D eigenvalue weighted by Crippen LogP contribution is 2.34. The average Bonchev–Trinajstić information content (AvgIpc) is 3.48. The molecule has 5 heterocycles. The molecule has 2 saturated heterocycles. The number of carbonyl (C=O) groups excluding carboxylic acids is 1. The first-order valence-corrected chi connectivity index (χ1v) is 12.4. The van der Waals surface area contributed by atoms with Crippen molar-refractivity contribution in [1.82, 2.24) is 29.2 Å². The lowest BCUT2D eigenvalue weighted by atomic mass is 10.1. The van der Waals surface area contributed by atoms with E-state index in [4.69, 9.17) is 16.6 Å². The number of likely N-dealkylation sites (tertiary alicyclic amines) is 1. The van der Waals surface area contributed by atoms with E-state index < -0.39 is 0 Å². The summed E-state index contributed by atoms with van der Waals surface area (Å²) < 4.78 is 2.07. The van der Waals surface area contributed by atoms with Gasteiger partial charge in [0.2, 0.25) is 5.78 Å². The van der Waals surface area contributed by atoms with Crippen LogP contribution in [0.3, 0.4) is 0 Å². The summed E-state index contributed by atoms with van der Waals surface area (Å²) in [6.07, 6.45) is 5.86. The minimum Gasteiger partial charge on any atom is -0.329 e. The van der Waals surface area contributed by atoms with Crippen LogP contribution in [0.25, 0.3) is 17.0 Å². The van der Waals surface area contributed by atoms with Crippen molar-refractivity contribution in [2.24, 2.45) is 0 Å². The summed E-state index contributed by atoms with van der Waals surface area (Å²) in [7, 11) is 0. The number of carbonyl (C=O) groups is 1. The van der Waals surface area contributed by atoms with Gasteiger partial charge in [-0.25, -0.2) is 15.0 Å². The van der Waals surface area contributed by atoms with Crippen LogP contribution in [0.1, 0.15) is 33.9 Å². The summed E-state index contributed by atoms with van der Waals surface area (Å²) in [6, 6.07) is 10.2. The molecule has 3 aromatic heterocycles. The number of fused-ring (bicyclic) bond motifs is 3. The Hall–Kier alpha value is -2.81. The van der Waals surface area contributed by atoms with Gasteiger partial charge in [0.05, 0.1) is 16.9 Å². The fraction of sp³-hybridized carbons (Fsp3) is 0.333. The molecule has 0 saturated carbocycles.